The number of hydrogen-bond donors (Lipinski definition) is 0. The number of hydrogen-bond acceptors (Lipinski definition) is 6. The summed E-state index contributed by atoms with van der Waals surface area (Å²) in [6.07, 6.45) is 89.5. The lowest BCUT2D eigenvalue weighted by Crippen LogP contribution is -2.30. The maximum absolute atomic E-state index is 12.9. The van der Waals surface area contributed by atoms with Crippen LogP contribution in [0, 0.1) is 0 Å². The molecule has 0 saturated heterocycles. The summed E-state index contributed by atoms with van der Waals surface area (Å²) in [5.74, 6) is -0.926. The Balaban J connectivity index is 4.45. The Kier molecular flexibility index (Phi) is 62.3. The van der Waals surface area contributed by atoms with Gasteiger partial charge in [-0.2, -0.15) is 0 Å². The first-order valence-corrected chi connectivity index (χ1v) is 32.9. The van der Waals surface area contributed by atoms with Crippen molar-refractivity contribution in [2.75, 3.05) is 13.2 Å². The van der Waals surface area contributed by atoms with E-state index in [0.717, 1.165) is 135 Å². The average molecular weight is 1080 g/mol. The molecular weight excluding hydrogens is 961 g/mol. The van der Waals surface area contributed by atoms with E-state index in [1.54, 1.807) is 0 Å². The van der Waals surface area contributed by atoms with Crippen molar-refractivity contribution in [3.05, 3.63) is 109 Å². The summed E-state index contributed by atoms with van der Waals surface area (Å²) in [7, 11) is 0. The molecule has 0 aliphatic heterocycles. The van der Waals surface area contributed by atoms with E-state index in [-0.39, 0.29) is 31.1 Å². The molecule has 0 fully saturated rings. The van der Waals surface area contributed by atoms with E-state index >= 15 is 0 Å². The summed E-state index contributed by atoms with van der Waals surface area (Å²) >= 11 is 0. The second-order valence-electron chi connectivity index (χ2n) is 21.6. The summed E-state index contributed by atoms with van der Waals surface area (Å²) in [5.41, 5.74) is 0. The molecule has 0 amide bonds. The lowest BCUT2D eigenvalue weighted by molar-refractivity contribution is -0.167. The van der Waals surface area contributed by atoms with Gasteiger partial charge in [0.2, 0.25) is 0 Å². The van der Waals surface area contributed by atoms with Crippen LogP contribution in [0.4, 0.5) is 0 Å². The Morgan fingerprint density at radius 3 is 0.808 bits per heavy atom. The number of unbranched alkanes of at least 4 members (excludes halogenated alkanes) is 30. The van der Waals surface area contributed by atoms with E-state index in [2.05, 4.69) is 130 Å². The second kappa shape index (κ2) is 65.6. The van der Waals surface area contributed by atoms with Crippen LogP contribution in [0.2, 0.25) is 0 Å². The number of allylic oxidation sites excluding steroid dienone is 18. The van der Waals surface area contributed by atoms with Crippen molar-refractivity contribution in [1.82, 2.24) is 0 Å². The normalized spacial score (nSPS) is 12.8. The first-order chi connectivity index (χ1) is 38.5. The SMILES string of the molecule is CC/C=C\C/C=C\C/C=C\C/C=C\C/C=C\C/C=C\CCCCCCC(=O)OCC(COC(=O)CCCCCCC/C=C\C/C=C\CCCCCC)OC(=O)CCCCCCCCCCC/C=C\CCCCCCCCCC. The van der Waals surface area contributed by atoms with Crippen LogP contribution in [-0.4, -0.2) is 37.2 Å². The molecule has 0 aromatic heterocycles. The van der Waals surface area contributed by atoms with Gasteiger partial charge in [-0.15, -0.1) is 0 Å². The predicted octanol–water partition coefficient (Wildman–Crippen LogP) is 22.6. The van der Waals surface area contributed by atoms with E-state index in [9.17, 15) is 14.4 Å². The molecular formula is C72H122O6. The Bertz CT molecular complexity index is 1570. The summed E-state index contributed by atoms with van der Waals surface area (Å²) in [6, 6.07) is 0. The first-order valence-electron chi connectivity index (χ1n) is 32.9. The molecule has 6 nitrogen and oxygen atoms in total. The monoisotopic (exact) mass is 1080 g/mol. The fourth-order valence-electron chi connectivity index (χ4n) is 9.06. The Morgan fingerprint density at radius 2 is 0.500 bits per heavy atom. The van der Waals surface area contributed by atoms with E-state index in [0.29, 0.717) is 19.3 Å². The van der Waals surface area contributed by atoms with Crippen LogP contribution < -0.4 is 0 Å². The Hall–Kier alpha value is -3.93. The molecule has 1 unspecified atom stereocenters. The van der Waals surface area contributed by atoms with Crippen LogP contribution >= 0.6 is 0 Å². The van der Waals surface area contributed by atoms with Gasteiger partial charge in [0, 0.05) is 19.3 Å². The first kappa shape index (κ1) is 74.1. The zero-order valence-corrected chi connectivity index (χ0v) is 51.2. The van der Waals surface area contributed by atoms with E-state index in [1.165, 1.54) is 135 Å². The molecule has 0 N–H and O–H groups in total. The van der Waals surface area contributed by atoms with Gasteiger partial charge in [-0.1, -0.05) is 271 Å². The fraction of sp³-hybridized carbons (Fsp3) is 0.708. The standard InChI is InChI=1S/C72H122O6/c1-4-7-10-13-16-19-22-25-28-31-33-35-36-38-39-41-44-47-50-53-56-59-62-65-71(74)77-68-69(67-76-70(73)64-61-58-55-52-49-46-43-30-27-24-21-18-15-12-9-6-3)78-72(75)66-63-60-57-54-51-48-45-42-40-37-34-32-29-26-23-20-17-14-11-8-5-2/h7,10,16,19,21,24-25,28,30,32-35,38-39,43-44,47,69H,4-6,8-9,11-15,17-18,20,22-23,26-27,29,31,36-37,40-42,45-46,48-68H2,1-3H3/b10-7-,19-16-,24-21-,28-25-,34-32-,35-33-,39-38-,43-30-,47-44-. The third-order valence-corrected chi connectivity index (χ3v) is 14.0. The van der Waals surface area contributed by atoms with Crippen LogP contribution in [0.5, 0.6) is 0 Å². The minimum Gasteiger partial charge on any atom is -0.462 e. The highest BCUT2D eigenvalue weighted by molar-refractivity contribution is 5.71. The molecule has 0 aromatic carbocycles. The summed E-state index contributed by atoms with van der Waals surface area (Å²) in [6.45, 7) is 6.50. The highest BCUT2D eigenvalue weighted by Crippen LogP contribution is 2.15. The highest BCUT2D eigenvalue weighted by Gasteiger charge is 2.19. The molecule has 0 saturated carbocycles. The molecule has 78 heavy (non-hydrogen) atoms. The maximum atomic E-state index is 12.9. The molecule has 0 bridgehead atoms. The molecule has 0 heterocycles. The van der Waals surface area contributed by atoms with E-state index in [1.807, 2.05) is 0 Å². The minimum atomic E-state index is -0.800. The van der Waals surface area contributed by atoms with Crippen LogP contribution in [0.1, 0.15) is 310 Å². The largest absolute Gasteiger partial charge is 0.462 e. The summed E-state index contributed by atoms with van der Waals surface area (Å²) < 4.78 is 16.9. The molecule has 0 spiro atoms. The van der Waals surface area contributed by atoms with Crippen molar-refractivity contribution in [1.29, 1.82) is 0 Å². The van der Waals surface area contributed by atoms with Gasteiger partial charge in [0.15, 0.2) is 6.10 Å². The van der Waals surface area contributed by atoms with Crippen LogP contribution in [0.25, 0.3) is 0 Å². The number of ether oxygens (including phenoxy) is 3. The van der Waals surface area contributed by atoms with Crippen molar-refractivity contribution in [2.24, 2.45) is 0 Å². The van der Waals surface area contributed by atoms with Gasteiger partial charge in [0.25, 0.3) is 0 Å². The van der Waals surface area contributed by atoms with Crippen molar-refractivity contribution >= 4 is 17.9 Å². The minimum absolute atomic E-state index is 0.0948. The van der Waals surface area contributed by atoms with Gasteiger partial charge in [-0.05, 0) is 128 Å². The van der Waals surface area contributed by atoms with Crippen LogP contribution in [0.3, 0.4) is 0 Å². The number of carbonyl (C=O) groups is 3. The topological polar surface area (TPSA) is 78.9 Å². The van der Waals surface area contributed by atoms with Gasteiger partial charge >= 0.3 is 17.9 Å². The molecule has 0 radical (unpaired) electrons. The molecule has 0 aliphatic carbocycles. The zero-order valence-electron chi connectivity index (χ0n) is 51.2. The van der Waals surface area contributed by atoms with Gasteiger partial charge in [0.05, 0.1) is 0 Å². The van der Waals surface area contributed by atoms with E-state index < -0.39 is 6.10 Å². The molecule has 0 aromatic rings. The number of carbonyl (C=O) groups excluding carboxylic acids is 3. The Labute approximate surface area is 482 Å². The lowest BCUT2D eigenvalue weighted by Gasteiger charge is -2.18. The van der Waals surface area contributed by atoms with Crippen molar-refractivity contribution in [3.63, 3.8) is 0 Å². The highest BCUT2D eigenvalue weighted by atomic mass is 16.6. The number of rotatable bonds is 59. The molecule has 0 rings (SSSR count). The molecule has 6 heteroatoms. The van der Waals surface area contributed by atoms with Crippen molar-refractivity contribution in [3.8, 4) is 0 Å². The summed E-state index contributed by atoms with van der Waals surface area (Å²) in [4.78, 5) is 38.4. The average Bonchev–Trinajstić information content (AvgIpc) is 3.44. The quantitative estimate of drug-likeness (QED) is 0.0261. The molecule has 1 atom stereocenters. The van der Waals surface area contributed by atoms with Gasteiger partial charge in [0.1, 0.15) is 13.2 Å². The molecule has 0 aliphatic rings. The van der Waals surface area contributed by atoms with Crippen LogP contribution in [-0.2, 0) is 28.6 Å². The molecule has 446 valence electrons. The fourth-order valence-corrected chi connectivity index (χ4v) is 9.06. The number of esters is 3. The third-order valence-electron chi connectivity index (χ3n) is 14.0. The van der Waals surface area contributed by atoms with Gasteiger partial charge < -0.3 is 14.2 Å². The van der Waals surface area contributed by atoms with Crippen LogP contribution in [0.15, 0.2) is 109 Å². The lowest BCUT2D eigenvalue weighted by atomic mass is 10.1. The Morgan fingerprint density at radius 1 is 0.269 bits per heavy atom. The zero-order chi connectivity index (χ0) is 56.4. The third kappa shape index (κ3) is 62.9. The summed E-state index contributed by atoms with van der Waals surface area (Å²) in [5, 5.41) is 0. The predicted molar refractivity (Wildman–Crippen MR) is 339 cm³/mol. The second-order valence-corrected chi connectivity index (χ2v) is 21.6. The van der Waals surface area contributed by atoms with Crippen molar-refractivity contribution < 1.29 is 28.6 Å². The van der Waals surface area contributed by atoms with Crippen molar-refractivity contribution in [2.45, 2.75) is 316 Å². The smallest absolute Gasteiger partial charge is 0.306 e. The maximum Gasteiger partial charge on any atom is 0.306 e. The van der Waals surface area contributed by atoms with E-state index in [4.69, 9.17) is 14.2 Å². The van der Waals surface area contributed by atoms with Gasteiger partial charge in [-0.25, -0.2) is 0 Å². The van der Waals surface area contributed by atoms with Gasteiger partial charge in [-0.3, -0.25) is 14.4 Å².